The van der Waals surface area contributed by atoms with Crippen LogP contribution >= 0.6 is 0 Å². The van der Waals surface area contributed by atoms with E-state index in [0.29, 0.717) is 31.3 Å². The molecule has 0 spiro atoms. The van der Waals surface area contributed by atoms with Crippen LogP contribution in [0.2, 0.25) is 0 Å². The number of aryl methyl sites for hydroxylation is 1. The number of tetrazole rings is 1. The topological polar surface area (TPSA) is 88.1 Å². The van der Waals surface area contributed by atoms with Gasteiger partial charge in [0.2, 0.25) is 0 Å². The Labute approximate surface area is 111 Å². The Bertz CT molecular complexity index is 514. The first-order chi connectivity index (χ1) is 9.33. The molecular formula is C12H17N5O2. The highest BCUT2D eigenvalue weighted by molar-refractivity contribution is 5.32. The van der Waals surface area contributed by atoms with E-state index in [9.17, 15) is 0 Å². The first-order valence-corrected chi connectivity index (χ1v) is 6.05. The number of hydrogen-bond donors (Lipinski definition) is 1. The number of nitrogens with two attached hydrogens (primary N) is 1. The van der Waals surface area contributed by atoms with E-state index in [1.54, 1.807) is 11.8 Å². The van der Waals surface area contributed by atoms with Crippen LogP contribution in [0.3, 0.4) is 0 Å². The van der Waals surface area contributed by atoms with Gasteiger partial charge in [-0.2, -0.15) is 0 Å². The first kappa shape index (κ1) is 13.3. The second kappa shape index (κ2) is 6.69. The minimum atomic E-state index is 0.310. The van der Waals surface area contributed by atoms with Crippen LogP contribution in [-0.4, -0.2) is 33.9 Å². The number of aromatic nitrogens is 4. The highest BCUT2D eigenvalue weighted by Gasteiger charge is 2.06. The molecule has 0 aliphatic heterocycles. The summed E-state index contributed by atoms with van der Waals surface area (Å²) in [7, 11) is 1.62. The SMILES string of the molecule is COc1cccc(OCc2nnnn2CCCN)c1. The summed E-state index contributed by atoms with van der Waals surface area (Å²) < 4.78 is 12.5. The largest absolute Gasteiger partial charge is 0.497 e. The number of nitrogens with zero attached hydrogens (tertiary/aromatic N) is 4. The maximum absolute atomic E-state index is 5.64. The summed E-state index contributed by atoms with van der Waals surface area (Å²) in [4.78, 5) is 0. The fraction of sp³-hybridized carbons (Fsp3) is 0.417. The lowest BCUT2D eigenvalue weighted by atomic mass is 10.3. The number of benzene rings is 1. The number of rotatable bonds is 7. The van der Waals surface area contributed by atoms with Gasteiger partial charge in [0, 0.05) is 12.6 Å². The molecule has 0 saturated carbocycles. The lowest BCUT2D eigenvalue weighted by molar-refractivity contribution is 0.284. The number of methoxy groups -OCH3 is 1. The molecule has 19 heavy (non-hydrogen) atoms. The second-order valence-electron chi connectivity index (χ2n) is 3.93. The van der Waals surface area contributed by atoms with Crippen molar-refractivity contribution in [2.75, 3.05) is 13.7 Å². The Hall–Kier alpha value is -2.15. The van der Waals surface area contributed by atoms with Crippen molar-refractivity contribution in [3.05, 3.63) is 30.1 Å². The van der Waals surface area contributed by atoms with Crippen LogP contribution in [0, 0.1) is 0 Å². The molecule has 0 aliphatic rings. The molecule has 1 heterocycles. The van der Waals surface area contributed by atoms with Crippen LogP contribution in [0.15, 0.2) is 24.3 Å². The molecule has 0 atom stereocenters. The molecule has 2 aromatic rings. The zero-order valence-electron chi connectivity index (χ0n) is 10.8. The van der Waals surface area contributed by atoms with Crippen LogP contribution in [0.1, 0.15) is 12.2 Å². The molecule has 1 aromatic heterocycles. The molecule has 2 N–H and O–H groups in total. The first-order valence-electron chi connectivity index (χ1n) is 6.05. The minimum absolute atomic E-state index is 0.310. The van der Waals surface area contributed by atoms with Crippen molar-refractivity contribution in [2.45, 2.75) is 19.6 Å². The maximum Gasteiger partial charge on any atom is 0.189 e. The van der Waals surface area contributed by atoms with Gasteiger partial charge in [-0.25, -0.2) is 4.68 Å². The number of hydrogen-bond acceptors (Lipinski definition) is 6. The van der Waals surface area contributed by atoms with Gasteiger partial charge in [0.1, 0.15) is 18.1 Å². The predicted molar refractivity (Wildman–Crippen MR) is 68.8 cm³/mol. The third-order valence-corrected chi connectivity index (χ3v) is 2.59. The van der Waals surface area contributed by atoms with E-state index < -0.39 is 0 Å². The zero-order valence-corrected chi connectivity index (χ0v) is 10.8. The fourth-order valence-corrected chi connectivity index (χ4v) is 1.58. The molecule has 0 saturated heterocycles. The van der Waals surface area contributed by atoms with Crippen LogP contribution in [0.4, 0.5) is 0 Å². The monoisotopic (exact) mass is 263 g/mol. The summed E-state index contributed by atoms with van der Waals surface area (Å²) in [5.74, 6) is 2.14. The summed E-state index contributed by atoms with van der Waals surface area (Å²) in [5.41, 5.74) is 5.47. The Morgan fingerprint density at radius 2 is 2.16 bits per heavy atom. The fourth-order valence-electron chi connectivity index (χ4n) is 1.58. The summed E-state index contributed by atoms with van der Waals surface area (Å²) in [6.45, 7) is 1.61. The van der Waals surface area contributed by atoms with E-state index >= 15 is 0 Å². The zero-order chi connectivity index (χ0) is 13.5. The van der Waals surface area contributed by atoms with Gasteiger partial charge >= 0.3 is 0 Å². The Morgan fingerprint density at radius 3 is 2.95 bits per heavy atom. The van der Waals surface area contributed by atoms with Crippen molar-refractivity contribution in [1.29, 1.82) is 0 Å². The van der Waals surface area contributed by atoms with Crippen LogP contribution in [-0.2, 0) is 13.2 Å². The highest BCUT2D eigenvalue weighted by Crippen LogP contribution is 2.19. The predicted octanol–water partition coefficient (Wildman–Crippen LogP) is 0.609. The summed E-state index contributed by atoms with van der Waals surface area (Å²) >= 11 is 0. The Balaban J connectivity index is 1.96. The Kier molecular flexibility index (Phi) is 4.68. The Morgan fingerprint density at radius 1 is 1.32 bits per heavy atom. The third kappa shape index (κ3) is 3.65. The van der Waals surface area contributed by atoms with E-state index in [-0.39, 0.29) is 0 Å². The van der Waals surface area contributed by atoms with Gasteiger partial charge in [0.15, 0.2) is 5.82 Å². The maximum atomic E-state index is 5.64. The molecule has 1 aromatic carbocycles. The van der Waals surface area contributed by atoms with E-state index in [2.05, 4.69) is 15.5 Å². The van der Waals surface area contributed by atoms with Crippen LogP contribution < -0.4 is 15.2 Å². The van der Waals surface area contributed by atoms with Crippen molar-refractivity contribution in [3.8, 4) is 11.5 Å². The molecular weight excluding hydrogens is 246 g/mol. The molecule has 7 heteroatoms. The van der Waals surface area contributed by atoms with E-state index in [1.165, 1.54) is 0 Å². The molecule has 102 valence electrons. The van der Waals surface area contributed by atoms with Gasteiger partial charge in [-0.15, -0.1) is 5.10 Å². The average molecular weight is 263 g/mol. The molecule has 0 amide bonds. The second-order valence-corrected chi connectivity index (χ2v) is 3.93. The van der Waals surface area contributed by atoms with Crippen molar-refractivity contribution in [1.82, 2.24) is 20.2 Å². The lowest BCUT2D eigenvalue weighted by Gasteiger charge is -2.07. The van der Waals surface area contributed by atoms with Gasteiger partial charge in [0.05, 0.1) is 7.11 Å². The highest BCUT2D eigenvalue weighted by atomic mass is 16.5. The van der Waals surface area contributed by atoms with Crippen LogP contribution in [0.5, 0.6) is 11.5 Å². The van der Waals surface area contributed by atoms with Crippen molar-refractivity contribution >= 4 is 0 Å². The van der Waals surface area contributed by atoms with Gasteiger partial charge in [-0.3, -0.25) is 0 Å². The van der Waals surface area contributed by atoms with Crippen molar-refractivity contribution < 1.29 is 9.47 Å². The third-order valence-electron chi connectivity index (χ3n) is 2.59. The van der Waals surface area contributed by atoms with Gasteiger partial charge in [-0.05, 0) is 35.5 Å². The smallest absolute Gasteiger partial charge is 0.189 e. The summed E-state index contributed by atoms with van der Waals surface area (Å²) in [6.07, 6.45) is 0.831. The quantitative estimate of drug-likeness (QED) is 0.787. The standard InChI is InChI=1S/C12H17N5O2/c1-18-10-4-2-5-11(8-10)19-9-12-14-15-16-17(12)7-3-6-13/h2,4-5,8H,3,6-7,9,13H2,1H3. The van der Waals surface area contributed by atoms with Crippen molar-refractivity contribution in [3.63, 3.8) is 0 Å². The van der Waals surface area contributed by atoms with E-state index in [1.807, 2.05) is 24.3 Å². The lowest BCUT2D eigenvalue weighted by Crippen LogP contribution is -2.12. The van der Waals surface area contributed by atoms with Crippen LogP contribution in [0.25, 0.3) is 0 Å². The summed E-state index contributed by atoms with van der Waals surface area (Å²) in [5, 5.41) is 11.5. The van der Waals surface area contributed by atoms with E-state index in [4.69, 9.17) is 15.2 Å². The molecule has 7 nitrogen and oxygen atoms in total. The van der Waals surface area contributed by atoms with Gasteiger partial charge < -0.3 is 15.2 Å². The normalized spacial score (nSPS) is 10.4. The van der Waals surface area contributed by atoms with Crippen molar-refractivity contribution in [2.24, 2.45) is 5.73 Å². The number of ether oxygens (including phenoxy) is 2. The van der Waals surface area contributed by atoms with E-state index in [0.717, 1.165) is 12.2 Å². The minimum Gasteiger partial charge on any atom is -0.497 e. The van der Waals surface area contributed by atoms with Gasteiger partial charge in [0.25, 0.3) is 0 Å². The van der Waals surface area contributed by atoms with Gasteiger partial charge in [-0.1, -0.05) is 6.07 Å². The molecule has 0 fully saturated rings. The molecule has 0 radical (unpaired) electrons. The average Bonchev–Trinajstić information content (AvgIpc) is 2.90. The summed E-state index contributed by atoms with van der Waals surface area (Å²) in [6, 6.07) is 7.40. The molecule has 0 unspecified atom stereocenters. The molecule has 0 bridgehead atoms. The molecule has 2 rings (SSSR count). The molecule has 0 aliphatic carbocycles.